The normalized spacial score (nSPS) is 11.3. The topological polar surface area (TPSA) is 77.4 Å². The molecule has 0 atom stereocenters. The van der Waals surface area contributed by atoms with Gasteiger partial charge in [-0.05, 0) is 24.4 Å². The van der Waals surface area contributed by atoms with Gasteiger partial charge in [0.25, 0.3) is 5.56 Å². The molecular weight excluding hydrogens is 397 g/mol. The fourth-order valence-corrected chi connectivity index (χ4v) is 2.99. The number of alkyl halides is 3. The Hall–Kier alpha value is -2.33. The van der Waals surface area contributed by atoms with Crippen molar-refractivity contribution >= 4 is 39.8 Å². The minimum absolute atomic E-state index is 0.111. The molecule has 0 saturated heterocycles. The number of carbonyl (C=O) groups excluding carboxylic acids is 2. The molecule has 6 nitrogen and oxygen atoms in total. The second-order valence-corrected chi connectivity index (χ2v) is 6.26. The SMILES string of the molecule is CCOC(=O)c1ccsc1NC(=O)Cn1cc(C(F)(F)F)cc(Cl)c1=O. The minimum atomic E-state index is -4.72. The highest BCUT2D eigenvalue weighted by Crippen LogP contribution is 2.29. The fraction of sp³-hybridized carbons (Fsp3) is 0.267. The summed E-state index contributed by atoms with van der Waals surface area (Å²) in [5, 5.41) is 3.42. The van der Waals surface area contributed by atoms with E-state index in [0.29, 0.717) is 16.8 Å². The molecule has 2 aromatic rings. The van der Waals surface area contributed by atoms with Crippen molar-refractivity contribution in [2.45, 2.75) is 19.6 Å². The summed E-state index contributed by atoms with van der Waals surface area (Å²) in [7, 11) is 0. The maximum atomic E-state index is 12.8. The van der Waals surface area contributed by atoms with E-state index in [-0.39, 0.29) is 17.2 Å². The molecule has 2 aromatic heterocycles. The van der Waals surface area contributed by atoms with Crippen LogP contribution in [0, 0.1) is 0 Å². The lowest BCUT2D eigenvalue weighted by atomic mass is 10.2. The summed E-state index contributed by atoms with van der Waals surface area (Å²) in [5.74, 6) is -1.45. The van der Waals surface area contributed by atoms with Crippen LogP contribution in [0.25, 0.3) is 0 Å². The number of pyridine rings is 1. The average Bonchev–Trinajstić information content (AvgIpc) is 2.98. The Labute approximate surface area is 154 Å². The van der Waals surface area contributed by atoms with Gasteiger partial charge >= 0.3 is 12.1 Å². The molecule has 0 saturated carbocycles. The van der Waals surface area contributed by atoms with Crippen LogP contribution in [0.2, 0.25) is 5.02 Å². The van der Waals surface area contributed by atoms with E-state index in [4.69, 9.17) is 16.3 Å². The van der Waals surface area contributed by atoms with Gasteiger partial charge in [-0.25, -0.2) is 4.79 Å². The molecular formula is C15H12ClF3N2O4S. The molecule has 2 heterocycles. The summed E-state index contributed by atoms with van der Waals surface area (Å²) < 4.78 is 43.8. The summed E-state index contributed by atoms with van der Waals surface area (Å²) in [5.41, 5.74) is -1.98. The maximum absolute atomic E-state index is 12.8. The number of hydrogen-bond acceptors (Lipinski definition) is 5. The molecule has 11 heteroatoms. The van der Waals surface area contributed by atoms with E-state index < -0.39 is 40.7 Å². The van der Waals surface area contributed by atoms with Crippen LogP contribution in [0.5, 0.6) is 0 Å². The zero-order valence-electron chi connectivity index (χ0n) is 13.2. The number of carbonyl (C=O) groups is 2. The van der Waals surface area contributed by atoms with Crippen LogP contribution in [0.3, 0.4) is 0 Å². The van der Waals surface area contributed by atoms with Crippen molar-refractivity contribution in [2.75, 3.05) is 11.9 Å². The highest BCUT2D eigenvalue weighted by atomic mass is 35.5. The van der Waals surface area contributed by atoms with E-state index >= 15 is 0 Å². The molecule has 140 valence electrons. The van der Waals surface area contributed by atoms with Crippen LogP contribution in [-0.2, 0) is 22.3 Å². The van der Waals surface area contributed by atoms with Crippen LogP contribution in [0.4, 0.5) is 18.2 Å². The van der Waals surface area contributed by atoms with Crippen molar-refractivity contribution in [1.82, 2.24) is 4.57 Å². The Bertz CT molecular complexity index is 892. The van der Waals surface area contributed by atoms with Gasteiger partial charge in [0.15, 0.2) is 0 Å². The monoisotopic (exact) mass is 408 g/mol. The number of halogens is 4. The highest BCUT2D eigenvalue weighted by Gasteiger charge is 2.32. The van der Waals surface area contributed by atoms with Crippen molar-refractivity contribution in [1.29, 1.82) is 0 Å². The minimum Gasteiger partial charge on any atom is -0.462 e. The van der Waals surface area contributed by atoms with Gasteiger partial charge in [0.1, 0.15) is 16.6 Å². The second-order valence-electron chi connectivity index (χ2n) is 4.94. The number of thiophene rings is 1. The van der Waals surface area contributed by atoms with Gasteiger partial charge in [0.05, 0.1) is 17.7 Å². The lowest BCUT2D eigenvalue weighted by molar-refractivity contribution is -0.138. The summed E-state index contributed by atoms with van der Waals surface area (Å²) in [6.45, 7) is 1.05. The molecule has 1 amide bonds. The van der Waals surface area contributed by atoms with E-state index in [9.17, 15) is 27.6 Å². The van der Waals surface area contributed by atoms with Gasteiger partial charge in [0, 0.05) is 6.20 Å². The lowest BCUT2D eigenvalue weighted by Gasteiger charge is -2.12. The Morgan fingerprint density at radius 1 is 1.38 bits per heavy atom. The number of hydrogen-bond donors (Lipinski definition) is 1. The molecule has 2 rings (SSSR count). The Balaban J connectivity index is 2.22. The standard InChI is InChI=1S/C15H12ClF3N2O4S/c1-2-25-14(24)9-3-4-26-12(9)20-11(22)7-21-6-8(15(17,18)19)5-10(16)13(21)23/h3-6H,2,7H2,1H3,(H,20,22). The molecule has 0 radical (unpaired) electrons. The third-order valence-electron chi connectivity index (χ3n) is 3.10. The van der Waals surface area contributed by atoms with Gasteiger partial charge < -0.3 is 14.6 Å². The lowest BCUT2D eigenvalue weighted by Crippen LogP contribution is -2.29. The number of aromatic nitrogens is 1. The number of ether oxygens (including phenoxy) is 1. The fourth-order valence-electron chi connectivity index (χ4n) is 1.97. The Morgan fingerprint density at radius 3 is 2.69 bits per heavy atom. The van der Waals surface area contributed by atoms with Crippen molar-refractivity contribution in [2.24, 2.45) is 0 Å². The smallest absolute Gasteiger partial charge is 0.417 e. The van der Waals surface area contributed by atoms with Gasteiger partial charge in [-0.2, -0.15) is 13.2 Å². The molecule has 1 N–H and O–H groups in total. The first-order chi connectivity index (χ1) is 12.1. The van der Waals surface area contributed by atoms with Crippen molar-refractivity contribution in [3.05, 3.63) is 50.2 Å². The van der Waals surface area contributed by atoms with Crippen molar-refractivity contribution in [3.8, 4) is 0 Å². The van der Waals surface area contributed by atoms with Crippen LogP contribution in [0.15, 0.2) is 28.5 Å². The first-order valence-electron chi connectivity index (χ1n) is 7.15. The Morgan fingerprint density at radius 2 is 2.08 bits per heavy atom. The summed E-state index contributed by atoms with van der Waals surface area (Å²) in [6, 6.07) is 1.93. The van der Waals surface area contributed by atoms with Crippen LogP contribution < -0.4 is 10.9 Å². The van der Waals surface area contributed by atoms with E-state index in [0.717, 1.165) is 11.3 Å². The number of amides is 1. The van der Waals surface area contributed by atoms with E-state index in [1.807, 2.05) is 0 Å². The van der Waals surface area contributed by atoms with Crippen LogP contribution in [0.1, 0.15) is 22.8 Å². The number of rotatable bonds is 5. The zero-order chi connectivity index (χ0) is 19.5. The molecule has 0 aliphatic rings. The number of esters is 1. The van der Waals surface area contributed by atoms with Crippen molar-refractivity contribution < 1.29 is 27.5 Å². The summed E-state index contributed by atoms with van der Waals surface area (Å²) in [4.78, 5) is 35.7. The highest BCUT2D eigenvalue weighted by molar-refractivity contribution is 7.14. The predicted molar refractivity (Wildman–Crippen MR) is 89.6 cm³/mol. The summed E-state index contributed by atoms with van der Waals surface area (Å²) in [6.07, 6.45) is -4.21. The predicted octanol–water partition coefficient (Wildman–Crippen LogP) is 3.40. The Kier molecular flexibility index (Phi) is 6.09. The summed E-state index contributed by atoms with van der Waals surface area (Å²) >= 11 is 6.56. The molecule has 0 aliphatic carbocycles. The number of nitrogens with one attached hydrogen (secondary N) is 1. The van der Waals surface area contributed by atoms with E-state index in [2.05, 4.69) is 5.32 Å². The number of nitrogens with zero attached hydrogens (tertiary/aromatic N) is 1. The van der Waals surface area contributed by atoms with Gasteiger partial charge in [-0.15, -0.1) is 11.3 Å². The molecule has 0 bridgehead atoms. The average molecular weight is 409 g/mol. The number of anilines is 1. The molecule has 26 heavy (non-hydrogen) atoms. The third-order valence-corrected chi connectivity index (χ3v) is 4.20. The molecule has 0 spiro atoms. The molecule has 0 aliphatic heterocycles. The maximum Gasteiger partial charge on any atom is 0.417 e. The zero-order valence-corrected chi connectivity index (χ0v) is 14.8. The van der Waals surface area contributed by atoms with Crippen LogP contribution >= 0.6 is 22.9 Å². The third kappa shape index (κ3) is 4.64. The second kappa shape index (κ2) is 7.92. The van der Waals surface area contributed by atoms with E-state index in [1.54, 1.807) is 6.92 Å². The van der Waals surface area contributed by atoms with E-state index in [1.165, 1.54) is 11.4 Å². The largest absolute Gasteiger partial charge is 0.462 e. The van der Waals surface area contributed by atoms with Gasteiger partial charge in [0.2, 0.25) is 5.91 Å². The molecule has 0 fully saturated rings. The first-order valence-corrected chi connectivity index (χ1v) is 8.41. The molecule has 0 unspecified atom stereocenters. The van der Waals surface area contributed by atoms with Gasteiger partial charge in [-0.1, -0.05) is 11.6 Å². The van der Waals surface area contributed by atoms with Gasteiger partial charge in [-0.3, -0.25) is 9.59 Å². The molecule has 0 aromatic carbocycles. The van der Waals surface area contributed by atoms with Crippen molar-refractivity contribution in [3.63, 3.8) is 0 Å². The first kappa shape index (κ1) is 20.0. The van der Waals surface area contributed by atoms with Crippen LogP contribution in [-0.4, -0.2) is 23.1 Å². The quantitative estimate of drug-likeness (QED) is 0.769.